The Morgan fingerprint density at radius 1 is 0.972 bits per heavy atom. The summed E-state index contributed by atoms with van der Waals surface area (Å²) in [6.07, 6.45) is 1.44. The highest BCUT2D eigenvalue weighted by molar-refractivity contribution is 5.33. The van der Waals surface area contributed by atoms with E-state index in [0.29, 0.717) is 11.8 Å². The molecular formula is C28H38F6O2. The monoisotopic (exact) mass is 520 g/mol. The van der Waals surface area contributed by atoms with Crippen molar-refractivity contribution in [3.05, 3.63) is 36.0 Å². The van der Waals surface area contributed by atoms with E-state index in [0.717, 1.165) is 87.9 Å². The zero-order valence-corrected chi connectivity index (χ0v) is 20.9. The van der Waals surface area contributed by atoms with Crippen molar-refractivity contribution in [2.24, 2.45) is 28.6 Å². The largest absolute Gasteiger partial charge is 0.429 e. The summed E-state index contributed by atoms with van der Waals surface area (Å²) in [5, 5.41) is 19.6. The van der Waals surface area contributed by atoms with Gasteiger partial charge in [0, 0.05) is 0 Å². The predicted molar refractivity (Wildman–Crippen MR) is 126 cm³/mol. The Bertz CT molecular complexity index is 883. The summed E-state index contributed by atoms with van der Waals surface area (Å²) in [6.45, 7) is 6.35. The Morgan fingerprint density at radius 2 is 1.64 bits per heavy atom. The third-order valence-corrected chi connectivity index (χ3v) is 10.1. The van der Waals surface area contributed by atoms with Crippen LogP contribution in [-0.2, 0) is 0 Å². The first kappa shape index (κ1) is 27.7. The van der Waals surface area contributed by atoms with E-state index in [9.17, 15) is 36.6 Å². The number of aliphatic hydroxyl groups excluding tert-OH is 1. The van der Waals surface area contributed by atoms with Crippen molar-refractivity contribution in [2.75, 3.05) is 0 Å². The Morgan fingerprint density at radius 3 is 2.25 bits per heavy atom. The zero-order valence-electron chi connectivity index (χ0n) is 20.9. The molecule has 2 N–H and O–H groups in total. The van der Waals surface area contributed by atoms with E-state index in [1.165, 1.54) is 0 Å². The first-order valence-electron chi connectivity index (χ1n) is 13.2. The van der Waals surface area contributed by atoms with Gasteiger partial charge in [0.25, 0.3) is 5.60 Å². The molecule has 4 aliphatic rings. The van der Waals surface area contributed by atoms with Crippen LogP contribution >= 0.6 is 0 Å². The van der Waals surface area contributed by atoms with Gasteiger partial charge in [-0.2, -0.15) is 26.3 Å². The van der Waals surface area contributed by atoms with Gasteiger partial charge in [0.1, 0.15) is 0 Å². The zero-order chi connectivity index (χ0) is 26.6. The number of alkyl halides is 6. The van der Waals surface area contributed by atoms with Crippen LogP contribution in [0.2, 0.25) is 0 Å². The van der Waals surface area contributed by atoms with Crippen molar-refractivity contribution < 1.29 is 36.6 Å². The number of allylic oxidation sites excluding steroid dienone is 2. The summed E-state index contributed by atoms with van der Waals surface area (Å²) in [5.74, 6) is 1.21. The molecular weight excluding hydrogens is 482 g/mol. The summed E-state index contributed by atoms with van der Waals surface area (Å²) >= 11 is 0. The molecule has 4 rings (SSSR count). The molecule has 0 saturated heterocycles. The Balaban J connectivity index is 1.47. The molecule has 0 heterocycles. The second-order valence-corrected chi connectivity index (χ2v) is 12.0. The van der Waals surface area contributed by atoms with Gasteiger partial charge in [-0.15, -0.1) is 0 Å². The number of aliphatic hydroxyl groups is 2. The minimum Gasteiger partial charge on any atom is -0.388 e. The van der Waals surface area contributed by atoms with Crippen LogP contribution in [0.3, 0.4) is 0 Å². The van der Waals surface area contributed by atoms with E-state index >= 15 is 0 Å². The highest BCUT2D eigenvalue weighted by Gasteiger charge is 2.69. The van der Waals surface area contributed by atoms with Gasteiger partial charge in [-0.25, -0.2) is 0 Å². The second kappa shape index (κ2) is 9.48. The van der Waals surface area contributed by atoms with Crippen molar-refractivity contribution in [3.8, 4) is 0 Å². The fraction of sp³-hybridized carbons (Fsp3) is 0.786. The van der Waals surface area contributed by atoms with E-state index in [1.54, 1.807) is 0 Å². The van der Waals surface area contributed by atoms with Gasteiger partial charge in [-0.3, -0.25) is 0 Å². The van der Waals surface area contributed by atoms with Gasteiger partial charge >= 0.3 is 12.4 Å². The highest BCUT2D eigenvalue weighted by Crippen LogP contribution is 2.70. The Kier molecular flexibility index (Phi) is 7.30. The van der Waals surface area contributed by atoms with Crippen molar-refractivity contribution in [1.29, 1.82) is 0 Å². The average molecular weight is 521 g/mol. The van der Waals surface area contributed by atoms with Gasteiger partial charge < -0.3 is 10.2 Å². The fourth-order valence-corrected chi connectivity index (χ4v) is 7.86. The molecule has 2 unspecified atom stereocenters. The van der Waals surface area contributed by atoms with Gasteiger partial charge in [-0.1, -0.05) is 32.1 Å². The molecule has 0 amide bonds. The molecule has 0 spiro atoms. The smallest absolute Gasteiger partial charge is 0.388 e. The number of halogens is 6. The maximum atomic E-state index is 13.1. The fourth-order valence-electron chi connectivity index (χ4n) is 7.86. The van der Waals surface area contributed by atoms with Crippen LogP contribution in [0.15, 0.2) is 36.0 Å². The third-order valence-electron chi connectivity index (χ3n) is 10.1. The maximum absolute atomic E-state index is 13.1. The molecule has 0 aromatic rings. The minimum atomic E-state index is -5.83. The minimum absolute atomic E-state index is 0.0131. The summed E-state index contributed by atoms with van der Waals surface area (Å²) in [6, 6.07) is 0. The molecule has 0 radical (unpaired) electrons. The van der Waals surface area contributed by atoms with E-state index in [4.69, 9.17) is 0 Å². The van der Waals surface area contributed by atoms with Crippen molar-refractivity contribution in [3.63, 3.8) is 0 Å². The van der Waals surface area contributed by atoms with Crippen molar-refractivity contribution in [2.45, 2.75) is 108 Å². The molecule has 204 valence electrons. The number of hydrogen-bond acceptors (Lipinski definition) is 2. The van der Waals surface area contributed by atoms with Gasteiger partial charge in [0.15, 0.2) is 0 Å². The van der Waals surface area contributed by atoms with E-state index in [2.05, 4.69) is 19.6 Å². The summed E-state index contributed by atoms with van der Waals surface area (Å²) in [5.41, 5.74) is -3.11. The number of hydrogen-bond donors (Lipinski definition) is 2. The second-order valence-electron chi connectivity index (χ2n) is 12.0. The first-order valence-corrected chi connectivity index (χ1v) is 13.2. The Hall–Kier alpha value is -1.28. The molecule has 4 fully saturated rings. The summed E-state index contributed by atoms with van der Waals surface area (Å²) < 4.78 is 78.4. The van der Waals surface area contributed by atoms with E-state index < -0.39 is 24.1 Å². The normalized spacial score (nSPS) is 36.5. The molecule has 4 aliphatic carbocycles. The van der Waals surface area contributed by atoms with Crippen molar-refractivity contribution in [1.82, 2.24) is 0 Å². The molecule has 0 aromatic heterocycles. The Labute approximate surface area is 209 Å². The van der Waals surface area contributed by atoms with E-state index in [1.807, 2.05) is 0 Å². The van der Waals surface area contributed by atoms with Gasteiger partial charge in [0.05, 0.1) is 6.10 Å². The topological polar surface area (TPSA) is 40.5 Å². The molecule has 2 nitrogen and oxygen atoms in total. The van der Waals surface area contributed by atoms with Gasteiger partial charge in [0.2, 0.25) is 0 Å². The molecule has 36 heavy (non-hydrogen) atoms. The standard InChI is InChI=1S/C28H38F6O2/c1-18-19(6-3-8-22(18)35)9-10-20-7-4-13-24(2)21(20)11-12-23(24)25(16-17-25)14-5-15-26(36,27(29,30)31)28(32,33)34/h5,9,15,20-23,35-36H,1,3-4,6-8,10-14,16-17H2,2H3/b15-5+,19-9-/t20?,21?,22-,23-,24-/m0/s1. The maximum Gasteiger partial charge on any atom is 0.429 e. The summed E-state index contributed by atoms with van der Waals surface area (Å²) in [7, 11) is 0. The van der Waals surface area contributed by atoms with Crippen LogP contribution in [0.5, 0.6) is 0 Å². The van der Waals surface area contributed by atoms with Gasteiger partial charge in [-0.05, 0) is 116 Å². The first-order chi connectivity index (χ1) is 16.6. The van der Waals surface area contributed by atoms with Crippen LogP contribution in [0.1, 0.15) is 84.0 Å². The molecule has 0 bridgehead atoms. The lowest BCUT2D eigenvalue weighted by molar-refractivity contribution is -0.347. The molecule has 0 aromatic carbocycles. The lowest BCUT2D eigenvalue weighted by Gasteiger charge is -2.47. The number of rotatable bonds is 6. The molecule has 5 atom stereocenters. The highest BCUT2D eigenvalue weighted by atomic mass is 19.4. The molecule has 8 heteroatoms. The number of fused-ring (bicyclic) bond motifs is 1. The lowest BCUT2D eigenvalue weighted by atomic mass is 9.57. The molecule has 0 aliphatic heterocycles. The van der Waals surface area contributed by atoms with Crippen LogP contribution in [0.4, 0.5) is 26.3 Å². The quantitative estimate of drug-likeness (QED) is 0.277. The van der Waals surface area contributed by atoms with E-state index in [-0.39, 0.29) is 29.2 Å². The van der Waals surface area contributed by atoms with Crippen LogP contribution < -0.4 is 0 Å². The third kappa shape index (κ3) is 4.81. The molecule has 4 saturated carbocycles. The lowest BCUT2D eigenvalue weighted by Crippen LogP contribution is -2.55. The SMILES string of the molecule is C=C1/C(=C\CC2CCC[C@@]3(C)C2CC[C@@H]3C2(C/C=C/C(O)(C(F)(F)F)C(F)(F)F)CC2)CCC[C@@H]1O. The summed E-state index contributed by atoms with van der Waals surface area (Å²) in [4.78, 5) is 0. The predicted octanol–water partition coefficient (Wildman–Crippen LogP) is 7.82. The van der Waals surface area contributed by atoms with Crippen molar-refractivity contribution >= 4 is 0 Å². The van der Waals surface area contributed by atoms with Crippen LogP contribution in [-0.4, -0.2) is 34.3 Å². The average Bonchev–Trinajstić information content (AvgIpc) is 3.46. The van der Waals surface area contributed by atoms with Crippen LogP contribution in [0.25, 0.3) is 0 Å². The van der Waals surface area contributed by atoms with Crippen LogP contribution in [0, 0.1) is 28.6 Å².